The van der Waals surface area contributed by atoms with Crippen LogP contribution in [-0.4, -0.2) is 40.1 Å². The van der Waals surface area contributed by atoms with E-state index in [1.54, 1.807) is 47.3 Å². The molecule has 0 atom stereocenters. The van der Waals surface area contributed by atoms with Crippen LogP contribution in [0.1, 0.15) is 10.5 Å². The molecule has 1 aromatic heterocycles. The fourth-order valence-electron chi connectivity index (χ4n) is 2.46. The Hall–Kier alpha value is -2.54. The Morgan fingerprint density at radius 2 is 1.86 bits per heavy atom. The minimum Gasteiger partial charge on any atom is -0.331 e. The average molecular weight is 438 g/mol. The van der Waals surface area contributed by atoms with E-state index in [0.29, 0.717) is 20.8 Å². The standard InChI is InChI=1S/C19H15Cl3N4O2/c1-25(11-18(27)23-13-5-6-15(21)16(22)10-13)19(28)17-7-8-26(24-17)14-4-2-3-12(20)9-14/h2-10H,11H2,1H3,(H,23,27). The van der Waals surface area contributed by atoms with E-state index >= 15 is 0 Å². The highest BCUT2D eigenvalue weighted by molar-refractivity contribution is 6.42. The van der Waals surface area contributed by atoms with Crippen molar-refractivity contribution in [1.82, 2.24) is 14.7 Å². The second-order valence-corrected chi connectivity index (χ2v) is 7.21. The lowest BCUT2D eigenvalue weighted by Gasteiger charge is -2.15. The van der Waals surface area contributed by atoms with E-state index in [0.717, 1.165) is 5.69 Å². The molecule has 0 aliphatic heterocycles. The Balaban J connectivity index is 1.64. The van der Waals surface area contributed by atoms with Gasteiger partial charge in [-0.2, -0.15) is 5.10 Å². The number of amides is 2. The molecule has 0 bridgehead atoms. The molecule has 0 saturated carbocycles. The molecule has 2 amide bonds. The molecular formula is C19H15Cl3N4O2. The van der Waals surface area contributed by atoms with E-state index in [4.69, 9.17) is 34.8 Å². The van der Waals surface area contributed by atoms with Crippen molar-refractivity contribution in [3.63, 3.8) is 0 Å². The number of nitrogens with zero attached hydrogens (tertiary/aromatic N) is 3. The summed E-state index contributed by atoms with van der Waals surface area (Å²) in [6.45, 7) is -0.150. The summed E-state index contributed by atoms with van der Waals surface area (Å²) in [5.41, 5.74) is 1.43. The molecular weight excluding hydrogens is 423 g/mol. The van der Waals surface area contributed by atoms with Crippen LogP contribution in [0.5, 0.6) is 0 Å². The highest BCUT2D eigenvalue weighted by Gasteiger charge is 2.18. The van der Waals surface area contributed by atoms with Crippen LogP contribution in [0.2, 0.25) is 15.1 Å². The minimum absolute atomic E-state index is 0.150. The van der Waals surface area contributed by atoms with Gasteiger partial charge in [-0.05, 0) is 42.5 Å². The molecule has 6 nitrogen and oxygen atoms in total. The Labute approximate surface area is 176 Å². The van der Waals surface area contributed by atoms with Crippen molar-refractivity contribution in [3.05, 3.63) is 75.5 Å². The summed E-state index contributed by atoms with van der Waals surface area (Å²) in [6, 6.07) is 13.4. The summed E-state index contributed by atoms with van der Waals surface area (Å²) in [5, 5.41) is 8.21. The third-order valence-corrected chi connectivity index (χ3v) is 4.79. The predicted molar refractivity (Wildman–Crippen MR) is 111 cm³/mol. The van der Waals surface area contributed by atoms with Crippen molar-refractivity contribution in [2.45, 2.75) is 0 Å². The van der Waals surface area contributed by atoms with E-state index in [1.165, 1.54) is 18.0 Å². The number of rotatable bonds is 5. The third kappa shape index (κ3) is 4.84. The highest BCUT2D eigenvalue weighted by Crippen LogP contribution is 2.25. The number of hydrogen-bond donors (Lipinski definition) is 1. The lowest BCUT2D eigenvalue weighted by Crippen LogP contribution is -2.35. The van der Waals surface area contributed by atoms with E-state index in [-0.39, 0.29) is 24.1 Å². The molecule has 3 aromatic rings. The van der Waals surface area contributed by atoms with Crippen LogP contribution in [0.15, 0.2) is 54.7 Å². The molecule has 0 radical (unpaired) electrons. The maximum Gasteiger partial charge on any atom is 0.274 e. The van der Waals surface area contributed by atoms with Crippen molar-refractivity contribution in [2.75, 3.05) is 18.9 Å². The summed E-state index contributed by atoms with van der Waals surface area (Å²) < 4.78 is 1.54. The number of aromatic nitrogens is 2. The molecule has 144 valence electrons. The van der Waals surface area contributed by atoms with Crippen LogP contribution in [0, 0.1) is 0 Å². The molecule has 1 N–H and O–H groups in total. The van der Waals surface area contributed by atoms with E-state index < -0.39 is 0 Å². The number of benzene rings is 2. The number of halogens is 3. The van der Waals surface area contributed by atoms with Crippen molar-refractivity contribution >= 4 is 52.3 Å². The molecule has 0 aliphatic rings. The van der Waals surface area contributed by atoms with Gasteiger partial charge in [-0.15, -0.1) is 0 Å². The number of carbonyl (C=O) groups is 2. The number of anilines is 1. The SMILES string of the molecule is CN(CC(=O)Nc1ccc(Cl)c(Cl)c1)C(=O)c1ccn(-c2cccc(Cl)c2)n1. The van der Waals surface area contributed by atoms with Crippen molar-refractivity contribution in [2.24, 2.45) is 0 Å². The first-order valence-electron chi connectivity index (χ1n) is 8.15. The molecule has 3 rings (SSSR count). The number of hydrogen-bond acceptors (Lipinski definition) is 3. The molecule has 2 aromatic carbocycles. The normalized spacial score (nSPS) is 10.6. The van der Waals surface area contributed by atoms with E-state index in [2.05, 4.69) is 10.4 Å². The van der Waals surface area contributed by atoms with Crippen LogP contribution < -0.4 is 5.32 Å². The fourth-order valence-corrected chi connectivity index (χ4v) is 2.94. The monoisotopic (exact) mass is 436 g/mol. The first kappa shape index (κ1) is 20.2. The van der Waals surface area contributed by atoms with Gasteiger partial charge in [0.15, 0.2) is 5.69 Å². The first-order valence-corrected chi connectivity index (χ1v) is 9.29. The van der Waals surface area contributed by atoms with Crippen LogP contribution in [-0.2, 0) is 4.79 Å². The lowest BCUT2D eigenvalue weighted by molar-refractivity contribution is -0.116. The maximum atomic E-state index is 12.5. The third-order valence-electron chi connectivity index (χ3n) is 3.81. The molecule has 1 heterocycles. The molecule has 0 fully saturated rings. The zero-order chi connectivity index (χ0) is 20.3. The van der Waals surface area contributed by atoms with Gasteiger partial charge in [-0.1, -0.05) is 40.9 Å². The molecule has 9 heteroatoms. The van der Waals surface area contributed by atoms with Gasteiger partial charge in [0.05, 0.1) is 22.3 Å². The molecule has 0 spiro atoms. The van der Waals surface area contributed by atoms with Gasteiger partial charge in [0.25, 0.3) is 5.91 Å². The second-order valence-electron chi connectivity index (χ2n) is 5.96. The van der Waals surface area contributed by atoms with Gasteiger partial charge in [0.1, 0.15) is 0 Å². The lowest BCUT2D eigenvalue weighted by atomic mass is 10.3. The Morgan fingerprint density at radius 3 is 2.57 bits per heavy atom. The summed E-state index contributed by atoms with van der Waals surface area (Å²) in [7, 11) is 1.52. The van der Waals surface area contributed by atoms with Gasteiger partial charge < -0.3 is 10.2 Å². The quantitative estimate of drug-likeness (QED) is 0.637. The zero-order valence-corrected chi connectivity index (χ0v) is 17.0. The van der Waals surface area contributed by atoms with Gasteiger partial charge in [-0.3, -0.25) is 9.59 Å². The van der Waals surface area contributed by atoms with Crippen molar-refractivity contribution in [3.8, 4) is 5.69 Å². The van der Waals surface area contributed by atoms with E-state index in [1.807, 2.05) is 6.07 Å². The van der Waals surface area contributed by atoms with Crippen molar-refractivity contribution < 1.29 is 9.59 Å². The Bertz CT molecular complexity index is 1040. The Morgan fingerprint density at radius 1 is 1.07 bits per heavy atom. The summed E-state index contributed by atoms with van der Waals surface area (Å²) in [4.78, 5) is 26.0. The van der Waals surface area contributed by atoms with Crippen LogP contribution in [0.3, 0.4) is 0 Å². The largest absolute Gasteiger partial charge is 0.331 e. The van der Waals surface area contributed by atoms with Crippen LogP contribution in [0.4, 0.5) is 5.69 Å². The average Bonchev–Trinajstić information content (AvgIpc) is 3.14. The number of carbonyl (C=O) groups excluding carboxylic acids is 2. The molecule has 0 unspecified atom stereocenters. The Kier molecular flexibility index (Phi) is 6.24. The molecule has 28 heavy (non-hydrogen) atoms. The van der Waals surface area contributed by atoms with Crippen LogP contribution in [0.25, 0.3) is 5.69 Å². The van der Waals surface area contributed by atoms with E-state index in [9.17, 15) is 9.59 Å². The fraction of sp³-hybridized carbons (Fsp3) is 0.105. The van der Waals surface area contributed by atoms with Crippen LogP contribution >= 0.6 is 34.8 Å². The van der Waals surface area contributed by atoms with Gasteiger partial charge in [0, 0.05) is 24.0 Å². The molecule has 0 aliphatic carbocycles. The minimum atomic E-state index is -0.384. The summed E-state index contributed by atoms with van der Waals surface area (Å²) >= 11 is 17.8. The highest BCUT2D eigenvalue weighted by atomic mass is 35.5. The van der Waals surface area contributed by atoms with Crippen molar-refractivity contribution in [1.29, 1.82) is 0 Å². The van der Waals surface area contributed by atoms with Gasteiger partial charge >= 0.3 is 0 Å². The predicted octanol–water partition coefficient (Wildman–Crippen LogP) is 4.54. The summed E-state index contributed by atoms with van der Waals surface area (Å²) in [6.07, 6.45) is 1.66. The maximum absolute atomic E-state index is 12.5. The number of nitrogens with one attached hydrogen (secondary N) is 1. The number of likely N-dealkylation sites (N-methyl/N-ethyl adjacent to an activating group) is 1. The van der Waals surface area contributed by atoms with Gasteiger partial charge in [-0.25, -0.2) is 4.68 Å². The van der Waals surface area contributed by atoms with Gasteiger partial charge in [0.2, 0.25) is 5.91 Å². The smallest absolute Gasteiger partial charge is 0.274 e. The second kappa shape index (κ2) is 8.65. The topological polar surface area (TPSA) is 67.2 Å². The molecule has 0 saturated heterocycles. The first-order chi connectivity index (χ1) is 13.3. The zero-order valence-electron chi connectivity index (χ0n) is 14.7. The summed E-state index contributed by atoms with van der Waals surface area (Å²) in [5.74, 6) is -0.756.